The van der Waals surface area contributed by atoms with Crippen LogP contribution < -0.4 is 5.32 Å². The summed E-state index contributed by atoms with van der Waals surface area (Å²) in [6, 6.07) is 3.07. The largest absolute Gasteiger partial charge is 0.448 e. The molecule has 1 heterocycles. The Morgan fingerprint density at radius 1 is 1.42 bits per heavy atom. The van der Waals surface area contributed by atoms with Gasteiger partial charge >= 0.3 is 5.97 Å². The van der Waals surface area contributed by atoms with Gasteiger partial charge < -0.3 is 10.1 Å². The first kappa shape index (κ1) is 15.1. The predicted octanol–water partition coefficient (Wildman–Crippen LogP) is 1.80. The van der Waals surface area contributed by atoms with E-state index in [1.54, 1.807) is 6.07 Å². The van der Waals surface area contributed by atoms with E-state index < -0.39 is 18.0 Å². The van der Waals surface area contributed by atoms with Crippen LogP contribution in [0.2, 0.25) is 0 Å². The van der Waals surface area contributed by atoms with Gasteiger partial charge in [-0.05, 0) is 26.0 Å². The van der Waals surface area contributed by atoms with E-state index in [1.165, 1.54) is 26.0 Å². The molecule has 0 aliphatic heterocycles. The molecule has 1 aromatic rings. The summed E-state index contributed by atoms with van der Waals surface area (Å²) in [5, 5.41) is 2.53. The SMILES string of the molecule is C=CCNC(=O)[C@@H](C)OC(=O)c1ccc(C(C)=O)s1. The average molecular weight is 281 g/mol. The first-order chi connectivity index (χ1) is 8.95. The molecule has 1 atom stereocenters. The monoisotopic (exact) mass is 281 g/mol. The van der Waals surface area contributed by atoms with Gasteiger partial charge in [0.05, 0.1) is 4.88 Å². The molecule has 1 rings (SSSR count). The summed E-state index contributed by atoms with van der Waals surface area (Å²) in [6.07, 6.45) is 0.639. The van der Waals surface area contributed by atoms with Gasteiger partial charge in [-0.25, -0.2) is 4.79 Å². The van der Waals surface area contributed by atoms with Crippen molar-refractivity contribution in [3.63, 3.8) is 0 Å². The number of ketones is 1. The number of hydrogen-bond donors (Lipinski definition) is 1. The molecule has 19 heavy (non-hydrogen) atoms. The van der Waals surface area contributed by atoms with Crippen LogP contribution >= 0.6 is 11.3 Å². The summed E-state index contributed by atoms with van der Waals surface area (Å²) in [6.45, 7) is 6.69. The topological polar surface area (TPSA) is 72.5 Å². The molecule has 0 radical (unpaired) electrons. The summed E-state index contributed by atoms with van der Waals surface area (Å²) in [4.78, 5) is 35.1. The molecule has 0 aliphatic carbocycles. The Balaban J connectivity index is 2.60. The smallest absolute Gasteiger partial charge is 0.349 e. The molecule has 0 spiro atoms. The standard InChI is InChI=1S/C13H15NO4S/c1-4-7-14-12(16)9(3)18-13(17)11-6-5-10(19-11)8(2)15/h4-6,9H,1,7H2,2-3H3,(H,14,16)/t9-/m1/s1. The van der Waals surface area contributed by atoms with Crippen molar-refractivity contribution < 1.29 is 19.1 Å². The Morgan fingerprint density at radius 2 is 2.05 bits per heavy atom. The molecule has 0 aromatic carbocycles. The summed E-state index contributed by atoms with van der Waals surface area (Å²) < 4.78 is 5.00. The minimum atomic E-state index is -0.893. The second-order valence-electron chi connectivity index (χ2n) is 3.80. The summed E-state index contributed by atoms with van der Waals surface area (Å²) >= 11 is 1.05. The van der Waals surface area contributed by atoms with Gasteiger partial charge in [-0.3, -0.25) is 9.59 Å². The van der Waals surface area contributed by atoms with Crippen molar-refractivity contribution in [1.82, 2.24) is 5.32 Å². The Bertz CT molecular complexity index is 506. The second kappa shape index (κ2) is 6.84. The third kappa shape index (κ3) is 4.33. The van der Waals surface area contributed by atoms with Crippen molar-refractivity contribution in [3.05, 3.63) is 34.5 Å². The molecule has 6 heteroatoms. The fourth-order valence-electron chi connectivity index (χ4n) is 1.23. The molecule has 102 valence electrons. The predicted molar refractivity (Wildman–Crippen MR) is 72.4 cm³/mol. The zero-order valence-corrected chi connectivity index (χ0v) is 11.6. The van der Waals surface area contributed by atoms with Crippen LogP contribution in [0.1, 0.15) is 33.2 Å². The molecular formula is C13H15NO4S. The Morgan fingerprint density at radius 3 is 2.58 bits per heavy atom. The van der Waals surface area contributed by atoms with Crippen LogP contribution in [0.5, 0.6) is 0 Å². The van der Waals surface area contributed by atoms with E-state index in [2.05, 4.69) is 11.9 Å². The number of ether oxygens (including phenoxy) is 1. The van der Waals surface area contributed by atoms with E-state index in [0.717, 1.165) is 11.3 Å². The van der Waals surface area contributed by atoms with Gasteiger partial charge in [-0.2, -0.15) is 0 Å². The summed E-state index contributed by atoms with van der Waals surface area (Å²) in [5.41, 5.74) is 0. The number of esters is 1. The highest BCUT2D eigenvalue weighted by Gasteiger charge is 2.20. The summed E-state index contributed by atoms with van der Waals surface area (Å²) in [5.74, 6) is -1.11. The van der Waals surface area contributed by atoms with Gasteiger partial charge in [-0.15, -0.1) is 17.9 Å². The van der Waals surface area contributed by atoms with Crippen molar-refractivity contribution in [2.45, 2.75) is 20.0 Å². The third-order valence-corrected chi connectivity index (χ3v) is 3.39. The van der Waals surface area contributed by atoms with Crippen molar-refractivity contribution in [1.29, 1.82) is 0 Å². The second-order valence-corrected chi connectivity index (χ2v) is 4.89. The molecule has 1 N–H and O–H groups in total. The van der Waals surface area contributed by atoms with E-state index in [9.17, 15) is 14.4 Å². The Labute approximate surface area is 115 Å². The molecule has 1 aromatic heterocycles. The van der Waals surface area contributed by atoms with Crippen LogP contribution in [0, 0.1) is 0 Å². The van der Waals surface area contributed by atoms with Gasteiger partial charge in [0.2, 0.25) is 0 Å². The molecule has 0 aliphatic rings. The highest BCUT2D eigenvalue weighted by molar-refractivity contribution is 7.15. The van der Waals surface area contributed by atoms with Gasteiger partial charge in [0.1, 0.15) is 4.88 Å². The van der Waals surface area contributed by atoms with Crippen molar-refractivity contribution in [2.24, 2.45) is 0 Å². The van der Waals surface area contributed by atoms with E-state index in [-0.39, 0.29) is 5.78 Å². The zero-order valence-electron chi connectivity index (χ0n) is 10.8. The zero-order chi connectivity index (χ0) is 14.4. The lowest BCUT2D eigenvalue weighted by molar-refractivity contribution is -0.128. The number of thiophene rings is 1. The minimum Gasteiger partial charge on any atom is -0.448 e. The van der Waals surface area contributed by atoms with E-state index in [0.29, 0.717) is 16.3 Å². The lowest BCUT2D eigenvalue weighted by Crippen LogP contribution is -2.35. The maximum atomic E-state index is 11.7. The lowest BCUT2D eigenvalue weighted by Gasteiger charge is -2.11. The number of hydrogen-bond acceptors (Lipinski definition) is 5. The Hall–Kier alpha value is -1.95. The van der Waals surface area contributed by atoms with Crippen LogP contribution in [-0.2, 0) is 9.53 Å². The van der Waals surface area contributed by atoms with Gasteiger partial charge in [-0.1, -0.05) is 6.08 Å². The highest BCUT2D eigenvalue weighted by Crippen LogP contribution is 2.18. The van der Waals surface area contributed by atoms with Gasteiger partial charge in [0, 0.05) is 6.54 Å². The molecule has 0 fully saturated rings. The first-order valence-electron chi connectivity index (χ1n) is 5.66. The molecule has 0 saturated heterocycles. The van der Waals surface area contributed by atoms with E-state index in [1.807, 2.05) is 0 Å². The fourth-order valence-corrected chi connectivity index (χ4v) is 2.01. The van der Waals surface area contributed by atoms with Crippen molar-refractivity contribution in [2.75, 3.05) is 6.54 Å². The lowest BCUT2D eigenvalue weighted by atomic mass is 10.3. The molecule has 0 saturated carbocycles. The molecule has 0 unspecified atom stereocenters. The third-order valence-electron chi connectivity index (χ3n) is 2.23. The van der Waals surface area contributed by atoms with Crippen molar-refractivity contribution in [3.8, 4) is 0 Å². The Kier molecular flexibility index (Phi) is 5.44. The highest BCUT2D eigenvalue weighted by atomic mass is 32.1. The van der Waals surface area contributed by atoms with Crippen LogP contribution in [-0.4, -0.2) is 30.3 Å². The average Bonchev–Trinajstić information content (AvgIpc) is 2.85. The number of Topliss-reactive ketones (excluding diaryl/α,β-unsaturated/α-hetero) is 1. The number of carbonyl (C=O) groups excluding carboxylic acids is 3. The summed E-state index contributed by atoms with van der Waals surface area (Å²) in [7, 11) is 0. The quantitative estimate of drug-likeness (QED) is 0.490. The number of amides is 1. The first-order valence-corrected chi connectivity index (χ1v) is 6.47. The number of rotatable bonds is 6. The molecular weight excluding hydrogens is 266 g/mol. The van der Waals surface area contributed by atoms with Crippen LogP contribution in [0.3, 0.4) is 0 Å². The maximum Gasteiger partial charge on any atom is 0.349 e. The molecule has 0 bridgehead atoms. The van der Waals surface area contributed by atoms with Gasteiger partial charge in [0.15, 0.2) is 11.9 Å². The van der Waals surface area contributed by atoms with E-state index >= 15 is 0 Å². The van der Waals surface area contributed by atoms with E-state index in [4.69, 9.17) is 4.74 Å². The fraction of sp³-hybridized carbons (Fsp3) is 0.308. The number of carbonyl (C=O) groups is 3. The molecule has 5 nitrogen and oxygen atoms in total. The van der Waals surface area contributed by atoms with Gasteiger partial charge in [0.25, 0.3) is 5.91 Å². The maximum absolute atomic E-state index is 11.7. The number of nitrogens with one attached hydrogen (secondary N) is 1. The molecule has 1 amide bonds. The normalized spacial score (nSPS) is 11.5. The van der Waals surface area contributed by atoms with Crippen LogP contribution in [0.15, 0.2) is 24.8 Å². The minimum absolute atomic E-state index is 0.110. The van der Waals surface area contributed by atoms with Crippen LogP contribution in [0.4, 0.5) is 0 Å². The van der Waals surface area contributed by atoms with Crippen LogP contribution in [0.25, 0.3) is 0 Å². The van der Waals surface area contributed by atoms with Crippen molar-refractivity contribution >= 4 is 29.0 Å².